The second-order valence-corrected chi connectivity index (χ2v) is 11.8. The van der Waals surface area contributed by atoms with Gasteiger partial charge in [0.15, 0.2) is 6.29 Å². The Morgan fingerprint density at radius 3 is 2.06 bits per heavy atom. The number of unbranched alkanes of at least 4 members (excludes halogenated alkanes) is 5. The van der Waals surface area contributed by atoms with Gasteiger partial charge in [-0.15, -0.1) is 0 Å². The lowest BCUT2D eigenvalue weighted by Crippen LogP contribution is -2.06. The molecular weight excluding hydrogens is 348 g/mol. The molecule has 0 aliphatic carbocycles. The Labute approximate surface area is 122 Å². The van der Waals surface area contributed by atoms with Crippen molar-refractivity contribution in [2.75, 3.05) is 13.2 Å². The van der Waals surface area contributed by atoms with Crippen LogP contribution in [0.1, 0.15) is 44.9 Å². The minimum absolute atomic E-state index is 0.0417. The first-order chi connectivity index (χ1) is 7.85. The average Bonchev–Trinajstić information content (AvgIpc) is 2.77. The van der Waals surface area contributed by atoms with Crippen LogP contribution < -0.4 is 0 Å². The van der Waals surface area contributed by atoms with Gasteiger partial charge < -0.3 is 9.47 Å². The summed E-state index contributed by atoms with van der Waals surface area (Å²) in [5.74, 6) is 0. The molecular formula is C11H21Br2MgO2. The molecule has 1 saturated heterocycles. The quantitative estimate of drug-likeness (QED) is 0.494. The molecule has 1 rings (SSSR count). The summed E-state index contributed by atoms with van der Waals surface area (Å²) in [4.78, 5) is 0. The normalized spacial score (nSPS) is 15.4. The van der Waals surface area contributed by atoms with Gasteiger partial charge >= 0.3 is 16.0 Å². The third-order valence-corrected chi connectivity index (χ3v) is 2.38. The highest BCUT2D eigenvalue weighted by atomic mass is 79.9. The first kappa shape index (κ1) is 17.6. The maximum Gasteiger partial charge on any atom is 0.560 e. The summed E-state index contributed by atoms with van der Waals surface area (Å²) in [6.07, 6.45) is 8.74. The molecule has 0 saturated carbocycles. The molecule has 0 N–H and O–H groups in total. The van der Waals surface area contributed by atoms with Crippen molar-refractivity contribution >= 4 is 41.8 Å². The highest BCUT2D eigenvalue weighted by Gasteiger charge is 2.14. The summed E-state index contributed by atoms with van der Waals surface area (Å²) >= 11 is 6.44. The molecule has 0 spiro atoms. The van der Waals surface area contributed by atoms with Crippen molar-refractivity contribution in [3.8, 4) is 0 Å². The van der Waals surface area contributed by atoms with Gasteiger partial charge in [0.05, 0.1) is 13.2 Å². The van der Waals surface area contributed by atoms with Gasteiger partial charge in [0.25, 0.3) is 0 Å². The fourth-order valence-electron chi connectivity index (χ4n) is 1.59. The highest BCUT2D eigenvalue weighted by Crippen LogP contribution is 2.13. The first-order valence-corrected chi connectivity index (χ1v) is 13.8. The van der Waals surface area contributed by atoms with Crippen LogP contribution in [0.15, 0.2) is 0 Å². The van der Waals surface area contributed by atoms with Gasteiger partial charge in [0.2, 0.25) is 0 Å². The molecule has 1 heterocycles. The van der Waals surface area contributed by atoms with E-state index in [1.165, 1.54) is 32.1 Å². The molecule has 0 aromatic heterocycles. The summed E-state index contributed by atoms with van der Waals surface area (Å²) in [6.45, 7) is 5.39. The minimum Gasteiger partial charge on any atom is -0.350 e. The predicted octanol–water partition coefficient (Wildman–Crippen LogP) is 4.23. The molecule has 0 aromatic rings. The summed E-state index contributed by atoms with van der Waals surface area (Å²) < 4.78 is 10.7. The molecule has 5 heteroatoms. The predicted molar refractivity (Wildman–Crippen MR) is 77.0 cm³/mol. The third-order valence-electron chi connectivity index (χ3n) is 2.38. The molecule has 1 aliphatic rings. The van der Waals surface area contributed by atoms with E-state index in [4.69, 9.17) is 9.47 Å². The smallest absolute Gasteiger partial charge is 0.350 e. The lowest BCUT2D eigenvalue weighted by Gasteiger charge is -2.07. The number of ether oxygens (including phenoxy) is 2. The van der Waals surface area contributed by atoms with E-state index in [0.29, 0.717) is 0 Å². The molecule has 1 fully saturated rings. The topological polar surface area (TPSA) is 18.5 Å². The van der Waals surface area contributed by atoms with E-state index < -0.39 is 0 Å². The van der Waals surface area contributed by atoms with Gasteiger partial charge in [-0.25, -0.2) is 0 Å². The Kier molecular flexibility index (Phi) is 16.2. The standard InChI is InChI=1S/C11H21O2.2BrH.Mg/c1-2-3-4-5-6-7-8-11-12-9-10-13-11;;;/h11H,1-10H2;2*1H;/q;;;+2/p-2. The van der Waals surface area contributed by atoms with E-state index in [0.717, 1.165) is 26.1 Å². The van der Waals surface area contributed by atoms with Crippen LogP contribution in [0, 0.1) is 6.92 Å². The Morgan fingerprint density at radius 2 is 1.50 bits per heavy atom. The van der Waals surface area contributed by atoms with E-state index in [1.54, 1.807) is 0 Å². The monoisotopic (exact) mass is 367 g/mol. The van der Waals surface area contributed by atoms with Crippen molar-refractivity contribution in [2.24, 2.45) is 0 Å². The lowest BCUT2D eigenvalue weighted by atomic mass is 10.1. The van der Waals surface area contributed by atoms with Crippen LogP contribution in [0.5, 0.6) is 0 Å². The van der Waals surface area contributed by atoms with Crippen molar-refractivity contribution in [2.45, 2.75) is 51.2 Å². The number of hydrogen-bond donors (Lipinski definition) is 0. The van der Waals surface area contributed by atoms with E-state index in [1.807, 2.05) is 0 Å². The number of hydrogen-bond acceptors (Lipinski definition) is 2. The first-order valence-electron chi connectivity index (χ1n) is 5.99. The molecule has 93 valence electrons. The van der Waals surface area contributed by atoms with E-state index in [9.17, 15) is 0 Å². The summed E-state index contributed by atoms with van der Waals surface area (Å²) in [5, 5.41) is 0. The molecule has 0 amide bonds. The summed E-state index contributed by atoms with van der Waals surface area (Å²) in [7, 11) is 0. The molecule has 1 aliphatic heterocycles. The van der Waals surface area contributed by atoms with Crippen LogP contribution in [0.3, 0.4) is 0 Å². The number of rotatable bonds is 7. The Balaban J connectivity index is 0.000000673. The van der Waals surface area contributed by atoms with Gasteiger partial charge in [-0.3, -0.25) is 25.8 Å². The molecule has 0 aromatic carbocycles. The summed E-state index contributed by atoms with van der Waals surface area (Å²) in [6, 6.07) is 0. The van der Waals surface area contributed by atoms with Crippen LogP contribution in [0.4, 0.5) is 0 Å². The van der Waals surface area contributed by atoms with Crippen LogP contribution in [0.25, 0.3) is 0 Å². The molecule has 0 bridgehead atoms. The number of halogens is 2. The fraction of sp³-hybridized carbons (Fsp3) is 0.909. The lowest BCUT2D eigenvalue weighted by molar-refractivity contribution is -0.0480. The maximum absolute atomic E-state index is 5.35. The second-order valence-electron chi connectivity index (χ2n) is 3.68. The second kappa shape index (κ2) is 14.7. The molecule has 2 nitrogen and oxygen atoms in total. The zero-order valence-corrected chi connectivity index (χ0v) is 14.5. The SMILES string of the molecule is [Br][Mg][Br].[CH2]CCCCCCCC1OCCO1. The largest absolute Gasteiger partial charge is 0.560 e. The molecule has 0 unspecified atom stereocenters. The average molecular weight is 369 g/mol. The van der Waals surface area contributed by atoms with Crippen LogP contribution >= 0.6 is 25.8 Å². The fourth-order valence-corrected chi connectivity index (χ4v) is 1.59. The van der Waals surface area contributed by atoms with Crippen molar-refractivity contribution < 1.29 is 9.47 Å². The molecule has 16 heavy (non-hydrogen) atoms. The Morgan fingerprint density at radius 1 is 1.00 bits per heavy atom. The maximum atomic E-state index is 5.35. The summed E-state index contributed by atoms with van der Waals surface area (Å²) in [5.41, 5.74) is 0. The van der Waals surface area contributed by atoms with Crippen molar-refractivity contribution in [1.82, 2.24) is 0 Å². The Bertz CT molecular complexity index is 133. The van der Waals surface area contributed by atoms with Crippen molar-refractivity contribution in [1.29, 1.82) is 0 Å². The van der Waals surface area contributed by atoms with E-state index >= 15 is 0 Å². The van der Waals surface area contributed by atoms with E-state index in [-0.39, 0.29) is 22.3 Å². The highest BCUT2D eigenvalue weighted by molar-refractivity contribution is 9.47. The minimum atomic E-state index is 0.0417. The zero-order chi connectivity index (χ0) is 12.1. The van der Waals surface area contributed by atoms with Crippen LogP contribution in [0.2, 0.25) is 0 Å². The van der Waals surface area contributed by atoms with Crippen LogP contribution in [-0.4, -0.2) is 35.5 Å². The molecule has 1 radical (unpaired) electrons. The zero-order valence-electron chi connectivity index (χ0n) is 9.93. The van der Waals surface area contributed by atoms with Gasteiger partial charge in [0, 0.05) is 0 Å². The van der Waals surface area contributed by atoms with Gasteiger partial charge in [-0.1, -0.05) is 39.0 Å². The van der Waals surface area contributed by atoms with Gasteiger partial charge in [-0.05, 0) is 12.8 Å². The van der Waals surface area contributed by atoms with Crippen molar-refractivity contribution in [3.63, 3.8) is 0 Å². The van der Waals surface area contributed by atoms with Crippen molar-refractivity contribution in [3.05, 3.63) is 6.92 Å². The van der Waals surface area contributed by atoms with Gasteiger partial charge in [-0.2, -0.15) is 0 Å². The van der Waals surface area contributed by atoms with Crippen LogP contribution in [-0.2, 0) is 9.47 Å². The van der Waals surface area contributed by atoms with E-state index in [2.05, 4.69) is 32.7 Å². The third kappa shape index (κ3) is 12.1. The molecule has 0 atom stereocenters. The Hall–Kier alpha value is 1.65. The van der Waals surface area contributed by atoms with Gasteiger partial charge in [0.1, 0.15) is 0 Å².